The van der Waals surface area contributed by atoms with Crippen LogP contribution in [0.2, 0.25) is 0 Å². The Labute approximate surface area is 90.2 Å². The third-order valence-electron chi connectivity index (χ3n) is 3.25. The first kappa shape index (κ1) is 14.0. The van der Waals surface area contributed by atoms with Gasteiger partial charge < -0.3 is 6.15 Å². The molecule has 0 spiro atoms. The van der Waals surface area contributed by atoms with Crippen LogP contribution in [0.1, 0.15) is 83.5 Å². The molecule has 1 fully saturated rings. The summed E-state index contributed by atoms with van der Waals surface area (Å²) in [7, 11) is 0. The van der Waals surface area contributed by atoms with Gasteiger partial charge in [-0.15, -0.1) is 0 Å². The molecule has 0 bridgehead atoms. The van der Waals surface area contributed by atoms with Gasteiger partial charge in [-0.2, -0.15) is 0 Å². The van der Waals surface area contributed by atoms with Crippen LogP contribution in [0.3, 0.4) is 0 Å². The van der Waals surface area contributed by atoms with Gasteiger partial charge >= 0.3 is 0 Å². The molecule has 1 aliphatic carbocycles. The van der Waals surface area contributed by atoms with E-state index in [1.807, 2.05) is 0 Å². The Morgan fingerprint density at radius 2 is 0.286 bits per heavy atom. The molecule has 1 heteroatoms. The molecule has 0 atom stereocenters. The van der Waals surface area contributed by atoms with E-state index in [0.29, 0.717) is 0 Å². The highest BCUT2D eigenvalue weighted by Gasteiger charge is 1.96. The van der Waals surface area contributed by atoms with Crippen LogP contribution in [-0.2, 0) is 0 Å². The molecule has 14 heavy (non-hydrogen) atoms. The largest absolute Gasteiger partial charge is 0.344 e. The highest BCUT2D eigenvalue weighted by atomic mass is 14.0. The van der Waals surface area contributed by atoms with Crippen LogP contribution in [0, 0.1) is 0 Å². The van der Waals surface area contributed by atoms with Crippen LogP contribution in [0.4, 0.5) is 0 Å². The van der Waals surface area contributed by atoms with Crippen molar-refractivity contribution < 1.29 is 0 Å². The molecule has 0 heterocycles. The molecule has 1 rings (SSSR count). The summed E-state index contributed by atoms with van der Waals surface area (Å²) in [6, 6.07) is 0. The van der Waals surface area contributed by atoms with Crippen molar-refractivity contribution in [2.75, 3.05) is 0 Å². The quantitative estimate of drug-likeness (QED) is 0.569. The first-order valence-corrected chi connectivity index (χ1v) is 6.50. The van der Waals surface area contributed by atoms with Gasteiger partial charge in [0.1, 0.15) is 0 Å². The minimum absolute atomic E-state index is 0. The lowest BCUT2D eigenvalue weighted by atomic mass is 10.1. The molecule has 86 valence electrons. The second-order valence-corrected chi connectivity index (χ2v) is 4.60. The van der Waals surface area contributed by atoms with Crippen molar-refractivity contribution in [3.63, 3.8) is 0 Å². The Balaban J connectivity index is 0.00000169. The zero-order valence-electron chi connectivity index (χ0n) is 9.90. The first-order valence-electron chi connectivity index (χ1n) is 6.50. The van der Waals surface area contributed by atoms with Gasteiger partial charge in [0.2, 0.25) is 0 Å². The highest BCUT2D eigenvalue weighted by Crippen LogP contribution is 2.15. The Bertz CT molecular complexity index is 53.3. The summed E-state index contributed by atoms with van der Waals surface area (Å²) in [5.41, 5.74) is 0. The summed E-state index contributed by atoms with van der Waals surface area (Å²) in [4.78, 5) is 0. The molecule has 0 aromatic rings. The van der Waals surface area contributed by atoms with Crippen molar-refractivity contribution >= 4 is 0 Å². The predicted molar refractivity (Wildman–Crippen MR) is 65.0 cm³/mol. The molecular formula is C13H29N. The summed E-state index contributed by atoms with van der Waals surface area (Å²) in [6.45, 7) is 0. The lowest BCUT2D eigenvalue weighted by Gasteiger charge is -1.99. The Kier molecular flexibility index (Phi) is 11.0. The number of hydrogen-bond donors (Lipinski definition) is 1. The molecule has 1 nitrogen and oxygen atoms in total. The van der Waals surface area contributed by atoms with Crippen molar-refractivity contribution in [1.29, 1.82) is 0 Å². The standard InChI is InChI=1S/C13H26.H3N/c1-2-4-6-8-10-12-13-11-9-7-5-3-1;/h1-13H2;1H3. The van der Waals surface area contributed by atoms with Crippen LogP contribution < -0.4 is 6.15 Å². The SMILES string of the molecule is C1CCCCCCCCCCCC1.N. The van der Waals surface area contributed by atoms with Crippen LogP contribution in [-0.4, -0.2) is 0 Å². The lowest BCUT2D eigenvalue weighted by Crippen LogP contribution is -1.80. The van der Waals surface area contributed by atoms with E-state index in [9.17, 15) is 0 Å². The van der Waals surface area contributed by atoms with Crippen molar-refractivity contribution in [2.45, 2.75) is 83.5 Å². The van der Waals surface area contributed by atoms with Gasteiger partial charge in [0.15, 0.2) is 0 Å². The normalized spacial score (nSPS) is 22.3. The number of rotatable bonds is 0. The van der Waals surface area contributed by atoms with Crippen LogP contribution in [0.15, 0.2) is 0 Å². The Morgan fingerprint density at radius 3 is 0.357 bits per heavy atom. The average molecular weight is 199 g/mol. The van der Waals surface area contributed by atoms with Gasteiger partial charge in [0, 0.05) is 0 Å². The number of hydrogen-bond acceptors (Lipinski definition) is 1. The van der Waals surface area contributed by atoms with Crippen molar-refractivity contribution in [1.82, 2.24) is 6.15 Å². The minimum Gasteiger partial charge on any atom is -0.344 e. The summed E-state index contributed by atoms with van der Waals surface area (Å²) >= 11 is 0. The fourth-order valence-corrected chi connectivity index (χ4v) is 2.30. The Hall–Kier alpha value is -0.0400. The zero-order chi connectivity index (χ0) is 9.19. The molecule has 0 radical (unpaired) electrons. The van der Waals surface area contributed by atoms with E-state index < -0.39 is 0 Å². The van der Waals surface area contributed by atoms with Gasteiger partial charge in [-0.1, -0.05) is 83.5 Å². The molecular weight excluding hydrogens is 170 g/mol. The van der Waals surface area contributed by atoms with E-state index in [1.54, 1.807) is 0 Å². The maximum Gasteiger partial charge on any atom is -0.0533 e. The minimum atomic E-state index is 0. The zero-order valence-corrected chi connectivity index (χ0v) is 9.90. The molecule has 3 N–H and O–H groups in total. The molecule has 0 aromatic carbocycles. The maximum absolute atomic E-state index is 1.50. The van der Waals surface area contributed by atoms with E-state index in [2.05, 4.69) is 0 Å². The first-order chi connectivity index (χ1) is 6.50. The van der Waals surface area contributed by atoms with E-state index in [4.69, 9.17) is 0 Å². The third-order valence-corrected chi connectivity index (χ3v) is 3.25. The van der Waals surface area contributed by atoms with Gasteiger partial charge in [0.25, 0.3) is 0 Å². The van der Waals surface area contributed by atoms with Crippen molar-refractivity contribution in [2.24, 2.45) is 0 Å². The van der Waals surface area contributed by atoms with Gasteiger partial charge in [-0.3, -0.25) is 0 Å². The molecule has 1 aliphatic rings. The van der Waals surface area contributed by atoms with Crippen LogP contribution >= 0.6 is 0 Å². The van der Waals surface area contributed by atoms with Crippen LogP contribution in [0.25, 0.3) is 0 Å². The van der Waals surface area contributed by atoms with Crippen molar-refractivity contribution in [3.8, 4) is 0 Å². The second-order valence-electron chi connectivity index (χ2n) is 4.60. The molecule has 1 saturated carbocycles. The topological polar surface area (TPSA) is 35.0 Å². The van der Waals surface area contributed by atoms with Gasteiger partial charge in [0.05, 0.1) is 0 Å². The van der Waals surface area contributed by atoms with E-state index in [-0.39, 0.29) is 6.15 Å². The second kappa shape index (κ2) is 11.0. The highest BCUT2D eigenvalue weighted by molar-refractivity contribution is 4.51. The molecule has 0 aromatic heterocycles. The predicted octanol–water partition coefficient (Wildman–Crippen LogP) is 5.23. The third kappa shape index (κ3) is 8.55. The van der Waals surface area contributed by atoms with E-state index in [1.165, 1.54) is 83.5 Å². The maximum atomic E-state index is 1.50. The molecule has 0 saturated heterocycles. The summed E-state index contributed by atoms with van der Waals surface area (Å²) in [6.07, 6.45) is 19.5. The smallest absolute Gasteiger partial charge is 0.0533 e. The fraction of sp³-hybridized carbons (Fsp3) is 1.00. The average Bonchev–Trinajstić information content (AvgIpc) is 2.18. The summed E-state index contributed by atoms with van der Waals surface area (Å²) in [5.74, 6) is 0. The van der Waals surface area contributed by atoms with Crippen molar-refractivity contribution in [3.05, 3.63) is 0 Å². The molecule has 0 unspecified atom stereocenters. The summed E-state index contributed by atoms with van der Waals surface area (Å²) < 4.78 is 0. The molecule has 0 amide bonds. The fourth-order valence-electron chi connectivity index (χ4n) is 2.30. The van der Waals surface area contributed by atoms with E-state index in [0.717, 1.165) is 0 Å². The van der Waals surface area contributed by atoms with Crippen LogP contribution in [0.5, 0.6) is 0 Å². The van der Waals surface area contributed by atoms with Gasteiger partial charge in [-0.05, 0) is 0 Å². The monoisotopic (exact) mass is 199 g/mol. The Morgan fingerprint density at radius 1 is 0.214 bits per heavy atom. The lowest BCUT2D eigenvalue weighted by molar-refractivity contribution is 0.562. The van der Waals surface area contributed by atoms with Gasteiger partial charge in [-0.25, -0.2) is 0 Å². The van der Waals surface area contributed by atoms with E-state index >= 15 is 0 Å². The molecule has 0 aliphatic heterocycles. The summed E-state index contributed by atoms with van der Waals surface area (Å²) in [5, 5.41) is 0.